The summed E-state index contributed by atoms with van der Waals surface area (Å²) < 4.78 is 38.6. The van der Waals surface area contributed by atoms with Crippen molar-refractivity contribution in [1.29, 1.82) is 0 Å². The highest BCUT2D eigenvalue weighted by atomic mass is 32.2. The summed E-state index contributed by atoms with van der Waals surface area (Å²) in [7, 11) is 0. The van der Waals surface area contributed by atoms with Crippen LogP contribution in [-0.2, 0) is 11.0 Å². The Balaban J connectivity index is 1.98. The topological polar surface area (TPSA) is 40.5 Å². The molecule has 23 heavy (non-hydrogen) atoms. The number of phenols is 1. The lowest BCUT2D eigenvalue weighted by molar-refractivity contribution is -0.137. The fraction of sp³-hybridized carbons (Fsp3) is 0.188. The molecule has 0 aliphatic carbocycles. The molecule has 3 nitrogen and oxygen atoms in total. The van der Waals surface area contributed by atoms with E-state index in [9.17, 15) is 23.1 Å². The maximum atomic E-state index is 12.9. The normalized spacial score (nSPS) is 18.5. The van der Waals surface area contributed by atoms with Gasteiger partial charge < -0.3 is 5.11 Å². The van der Waals surface area contributed by atoms with Crippen LogP contribution in [0, 0.1) is 0 Å². The number of phenolic OH excluding ortho intramolecular Hbond substituents is 1. The molecule has 1 amide bonds. The van der Waals surface area contributed by atoms with Gasteiger partial charge in [-0.3, -0.25) is 9.69 Å². The Labute approximate surface area is 134 Å². The molecule has 1 heterocycles. The molecule has 2 aromatic rings. The maximum Gasteiger partial charge on any atom is 0.416 e. The highest BCUT2D eigenvalue weighted by Crippen LogP contribution is 2.43. The molecule has 1 unspecified atom stereocenters. The van der Waals surface area contributed by atoms with Gasteiger partial charge in [0.05, 0.1) is 11.3 Å². The van der Waals surface area contributed by atoms with Crippen molar-refractivity contribution in [2.45, 2.75) is 11.6 Å². The van der Waals surface area contributed by atoms with Gasteiger partial charge in [0.25, 0.3) is 0 Å². The lowest BCUT2D eigenvalue weighted by atomic mass is 10.1. The van der Waals surface area contributed by atoms with Crippen LogP contribution < -0.4 is 4.90 Å². The first-order valence-electron chi connectivity index (χ1n) is 6.76. The lowest BCUT2D eigenvalue weighted by Gasteiger charge is -2.25. The van der Waals surface area contributed by atoms with Crippen molar-refractivity contribution in [2.75, 3.05) is 10.7 Å². The number of rotatable bonds is 2. The fourth-order valence-corrected chi connectivity index (χ4v) is 3.60. The molecule has 1 aliphatic heterocycles. The summed E-state index contributed by atoms with van der Waals surface area (Å²) in [6.07, 6.45) is -4.42. The average Bonchev–Trinajstić information content (AvgIpc) is 2.89. The van der Waals surface area contributed by atoms with Crippen LogP contribution in [0.15, 0.2) is 48.5 Å². The standard InChI is InChI=1S/C16H12F3NO2S/c17-16(18,19)11-3-1-2-10(8-11)15-20(14(22)9-23-15)12-4-6-13(21)7-5-12/h1-8,15,21H,9H2. The molecular formula is C16H12F3NO2S. The van der Waals surface area contributed by atoms with Crippen LogP contribution in [0.4, 0.5) is 18.9 Å². The first kappa shape index (κ1) is 15.7. The van der Waals surface area contributed by atoms with Crippen LogP contribution in [0.1, 0.15) is 16.5 Å². The molecule has 0 radical (unpaired) electrons. The Morgan fingerprint density at radius 2 is 1.83 bits per heavy atom. The van der Waals surface area contributed by atoms with Crippen LogP contribution in [0.3, 0.4) is 0 Å². The summed E-state index contributed by atoms with van der Waals surface area (Å²) in [6.45, 7) is 0. The minimum Gasteiger partial charge on any atom is -0.508 e. The summed E-state index contributed by atoms with van der Waals surface area (Å²) in [6, 6.07) is 11.0. The van der Waals surface area contributed by atoms with Gasteiger partial charge in [-0.15, -0.1) is 11.8 Å². The number of alkyl halides is 3. The highest BCUT2D eigenvalue weighted by molar-refractivity contribution is 8.00. The number of carbonyl (C=O) groups is 1. The van der Waals surface area contributed by atoms with Gasteiger partial charge in [-0.05, 0) is 42.0 Å². The third-order valence-corrected chi connectivity index (χ3v) is 4.71. The van der Waals surface area contributed by atoms with Gasteiger partial charge in [-0.1, -0.05) is 12.1 Å². The number of nitrogens with zero attached hydrogens (tertiary/aromatic N) is 1. The number of anilines is 1. The SMILES string of the molecule is O=C1CSC(c2cccc(C(F)(F)F)c2)N1c1ccc(O)cc1. The molecule has 0 aromatic heterocycles. The minimum absolute atomic E-state index is 0.0590. The van der Waals surface area contributed by atoms with Crippen LogP contribution in [0.2, 0.25) is 0 Å². The average molecular weight is 339 g/mol. The number of hydrogen-bond donors (Lipinski definition) is 1. The molecule has 120 valence electrons. The molecule has 1 atom stereocenters. The van der Waals surface area contributed by atoms with E-state index < -0.39 is 17.1 Å². The van der Waals surface area contributed by atoms with E-state index in [0.29, 0.717) is 11.3 Å². The van der Waals surface area contributed by atoms with Crippen LogP contribution >= 0.6 is 11.8 Å². The second-order valence-corrected chi connectivity index (χ2v) is 6.14. The van der Waals surface area contributed by atoms with Crippen molar-refractivity contribution in [2.24, 2.45) is 0 Å². The Bertz CT molecular complexity index is 731. The van der Waals surface area contributed by atoms with Crippen molar-refractivity contribution >= 4 is 23.4 Å². The van der Waals surface area contributed by atoms with Crippen molar-refractivity contribution in [3.63, 3.8) is 0 Å². The Kier molecular flexibility index (Phi) is 3.97. The number of carbonyl (C=O) groups excluding carboxylic acids is 1. The van der Waals surface area contributed by atoms with Gasteiger partial charge in [-0.25, -0.2) is 0 Å². The first-order valence-corrected chi connectivity index (χ1v) is 7.81. The van der Waals surface area contributed by atoms with E-state index in [1.54, 1.807) is 18.2 Å². The van der Waals surface area contributed by atoms with Crippen molar-refractivity contribution in [3.05, 3.63) is 59.7 Å². The number of benzene rings is 2. The third-order valence-electron chi connectivity index (χ3n) is 3.49. The van der Waals surface area contributed by atoms with Gasteiger partial charge in [0, 0.05) is 5.69 Å². The molecule has 7 heteroatoms. The Morgan fingerprint density at radius 3 is 2.48 bits per heavy atom. The third kappa shape index (κ3) is 3.14. The van der Waals surface area contributed by atoms with Crippen LogP contribution in [-0.4, -0.2) is 16.8 Å². The predicted octanol–water partition coefficient (Wildman–Crippen LogP) is 4.19. The van der Waals surface area contributed by atoms with E-state index in [2.05, 4.69) is 0 Å². The Hall–Kier alpha value is -2.15. The fourth-order valence-electron chi connectivity index (χ4n) is 2.43. The summed E-state index contributed by atoms with van der Waals surface area (Å²) in [4.78, 5) is 13.6. The molecule has 1 aliphatic rings. The zero-order valence-electron chi connectivity index (χ0n) is 11.7. The number of thioether (sulfide) groups is 1. The van der Waals surface area contributed by atoms with Crippen molar-refractivity contribution < 1.29 is 23.1 Å². The number of amides is 1. The van der Waals surface area contributed by atoms with Gasteiger partial charge in [0.15, 0.2) is 0 Å². The van der Waals surface area contributed by atoms with E-state index in [1.165, 1.54) is 34.9 Å². The second kappa shape index (κ2) is 5.81. The zero-order valence-corrected chi connectivity index (χ0v) is 12.6. The predicted molar refractivity (Wildman–Crippen MR) is 82.2 cm³/mol. The molecular weight excluding hydrogens is 327 g/mol. The molecule has 3 rings (SSSR count). The van der Waals surface area contributed by atoms with E-state index >= 15 is 0 Å². The zero-order chi connectivity index (χ0) is 16.6. The van der Waals surface area contributed by atoms with E-state index in [4.69, 9.17) is 0 Å². The molecule has 0 spiro atoms. The number of aromatic hydroxyl groups is 1. The maximum absolute atomic E-state index is 12.9. The molecule has 1 fully saturated rings. The largest absolute Gasteiger partial charge is 0.508 e. The monoisotopic (exact) mass is 339 g/mol. The number of halogens is 3. The van der Waals surface area contributed by atoms with E-state index in [1.807, 2.05) is 0 Å². The first-order chi connectivity index (χ1) is 10.9. The second-order valence-electron chi connectivity index (χ2n) is 5.07. The smallest absolute Gasteiger partial charge is 0.416 e. The number of hydrogen-bond acceptors (Lipinski definition) is 3. The highest BCUT2D eigenvalue weighted by Gasteiger charge is 2.36. The van der Waals surface area contributed by atoms with E-state index in [-0.39, 0.29) is 17.4 Å². The van der Waals surface area contributed by atoms with Gasteiger partial charge in [-0.2, -0.15) is 13.2 Å². The van der Waals surface area contributed by atoms with E-state index in [0.717, 1.165) is 12.1 Å². The summed E-state index contributed by atoms with van der Waals surface area (Å²) in [5, 5.41) is 8.82. The molecule has 1 N–H and O–H groups in total. The van der Waals surface area contributed by atoms with Gasteiger partial charge >= 0.3 is 6.18 Å². The van der Waals surface area contributed by atoms with Crippen LogP contribution in [0.5, 0.6) is 5.75 Å². The molecule has 1 saturated heterocycles. The van der Waals surface area contributed by atoms with Gasteiger partial charge in [0.1, 0.15) is 11.1 Å². The summed E-state index contributed by atoms with van der Waals surface area (Å²) in [5.74, 6) is 0.0775. The molecule has 0 bridgehead atoms. The van der Waals surface area contributed by atoms with Crippen molar-refractivity contribution in [3.8, 4) is 5.75 Å². The quantitative estimate of drug-likeness (QED) is 0.892. The van der Waals surface area contributed by atoms with Gasteiger partial charge in [0.2, 0.25) is 5.91 Å². The van der Waals surface area contributed by atoms with Crippen LogP contribution in [0.25, 0.3) is 0 Å². The lowest BCUT2D eigenvalue weighted by Crippen LogP contribution is -2.27. The molecule has 0 saturated carbocycles. The van der Waals surface area contributed by atoms with Crippen molar-refractivity contribution in [1.82, 2.24) is 0 Å². The minimum atomic E-state index is -4.42. The Morgan fingerprint density at radius 1 is 1.13 bits per heavy atom. The molecule has 2 aromatic carbocycles. The summed E-state index contributed by atoms with van der Waals surface area (Å²) >= 11 is 1.28. The summed E-state index contributed by atoms with van der Waals surface area (Å²) in [5.41, 5.74) is 0.226.